The number of amides is 1. The molecular weight excluding hydrogens is 386 g/mol. The molecule has 160 valence electrons. The highest BCUT2D eigenvalue weighted by molar-refractivity contribution is 5.96. The SMILES string of the molecule is CN(C)C1(c2ccccc2)CCC(NC(=O)c2cccnc2Oc2ccccc2)CC1. The number of nitrogens with zero attached hydrogens (tertiary/aromatic N) is 2. The van der Waals surface area contributed by atoms with E-state index >= 15 is 0 Å². The molecule has 4 rings (SSSR count). The molecule has 3 aromatic rings. The predicted octanol–water partition coefficient (Wildman–Crippen LogP) is 5.00. The summed E-state index contributed by atoms with van der Waals surface area (Å²) in [5.41, 5.74) is 1.81. The molecule has 1 aromatic heterocycles. The van der Waals surface area contributed by atoms with E-state index in [4.69, 9.17) is 4.74 Å². The van der Waals surface area contributed by atoms with Crippen LogP contribution in [0.2, 0.25) is 0 Å². The van der Waals surface area contributed by atoms with Gasteiger partial charge in [-0.05, 0) is 69.6 Å². The van der Waals surface area contributed by atoms with Crippen molar-refractivity contribution in [3.05, 3.63) is 90.1 Å². The molecule has 1 fully saturated rings. The Morgan fingerprint density at radius 2 is 1.61 bits per heavy atom. The van der Waals surface area contributed by atoms with Crippen molar-refractivity contribution in [3.63, 3.8) is 0 Å². The molecule has 1 aliphatic carbocycles. The summed E-state index contributed by atoms with van der Waals surface area (Å²) in [6.45, 7) is 0. The Balaban J connectivity index is 1.44. The highest BCUT2D eigenvalue weighted by Gasteiger charge is 2.39. The average molecular weight is 416 g/mol. The Labute approximate surface area is 184 Å². The van der Waals surface area contributed by atoms with Crippen molar-refractivity contribution >= 4 is 5.91 Å². The van der Waals surface area contributed by atoms with Gasteiger partial charge in [0, 0.05) is 17.8 Å². The van der Waals surface area contributed by atoms with Crippen molar-refractivity contribution < 1.29 is 9.53 Å². The number of ether oxygens (including phenoxy) is 1. The molecule has 1 N–H and O–H groups in total. The number of aromatic nitrogens is 1. The Hall–Kier alpha value is -3.18. The van der Waals surface area contributed by atoms with Gasteiger partial charge in [-0.1, -0.05) is 48.5 Å². The first kappa shape index (κ1) is 21.1. The average Bonchev–Trinajstić information content (AvgIpc) is 2.81. The van der Waals surface area contributed by atoms with Gasteiger partial charge in [0.05, 0.1) is 0 Å². The first-order valence-electron chi connectivity index (χ1n) is 10.8. The van der Waals surface area contributed by atoms with Crippen molar-refractivity contribution in [1.29, 1.82) is 0 Å². The van der Waals surface area contributed by atoms with Crippen molar-refractivity contribution in [1.82, 2.24) is 15.2 Å². The lowest BCUT2D eigenvalue weighted by Crippen LogP contribution is -2.48. The van der Waals surface area contributed by atoms with E-state index in [9.17, 15) is 4.79 Å². The predicted molar refractivity (Wildman–Crippen MR) is 122 cm³/mol. The van der Waals surface area contributed by atoms with Crippen LogP contribution in [-0.4, -0.2) is 35.9 Å². The van der Waals surface area contributed by atoms with Crippen LogP contribution in [0.4, 0.5) is 0 Å². The first-order valence-corrected chi connectivity index (χ1v) is 10.8. The monoisotopic (exact) mass is 415 g/mol. The van der Waals surface area contributed by atoms with E-state index in [0.29, 0.717) is 17.2 Å². The minimum atomic E-state index is -0.138. The van der Waals surface area contributed by atoms with Gasteiger partial charge in [-0.25, -0.2) is 4.98 Å². The molecular formula is C26H29N3O2. The molecule has 0 bridgehead atoms. The summed E-state index contributed by atoms with van der Waals surface area (Å²) in [5.74, 6) is 0.849. The molecule has 0 saturated heterocycles. The van der Waals surface area contributed by atoms with Gasteiger partial charge >= 0.3 is 0 Å². The van der Waals surface area contributed by atoms with Crippen molar-refractivity contribution in [3.8, 4) is 11.6 Å². The van der Waals surface area contributed by atoms with Crippen LogP contribution in [0.1, 0.15) is 41.6 Å². The second-order valence-corrected chi connectivity index (χ2v) is 8.31. The number of hydrogen-bond acceptors (Lipinski definition) is 4. The lowest BCUT2D eigenvalue weighted by molar-refractivity contribution is 0.0757. The molecule has 0 spiro atoms. The molecule has 1 heterocycles. The molecule has 1 aliphatic rings. The van der Waals surface area contributed by atoms with E-state index in [2.05, 4.69) is 59.6 Å². The summed E-state index contributed by atoms with van der Waals surface area (Å²) in [6.07, 6.45) is 5.48. The molecule has 0 radical (unpaired) electrons. The zero-order valence-corrected chi connectivity index (χ0v) is 18.1. The van der Waals surface area contributed by atoms with Gasteiger partial charge in [-0.3, -0.25) is 9.69 Å². The maximum Gasteiger partial charge on any atom is 0.257 e. The van der Waals surface area contributed by atoms with E-state index < -0.39 is 0 Å². The molecule has 1 saturated carbocycles. The maximum atomic E-state index is 13.0. The zero-order chi connectivity index (χ0) is 21.7. The van der Waals surface area contributed by atoms with Crippen LogP contribution in [0.5, 0.6) is 11.6 Å². The fourth-order valence-corrected chi connectivity index (χ4v) is 4.49. The third-order valence-electron chi connectivity index (χ3n) is 6.29. The molecule has 0 atom stereocenters. The number of carbonyl (C=O) groups excluding carboxylic acids is 1. The van der Waals surface area contributed by atoms with Gasteiger partial charge in [0.25, 0.3) is 5.91 Å². The van der Waals surface area contributed by atoms with E-state index in [0.717, 1.165) is 25.7 Å². The Morgan fingerprint density at radius 3 is 2.26 bits per heavy atom. The van der Waals surface area contributed by atoms with Crippen molar-refractivity contribution in [2.24, 2.45) is 0 Å². The Kier molecular flexibility index (Phi) is 6.33. The highest BCUT2D eigenvalue weighted by Crippen LogP contribution is 2.41. The van der Waals surface area contributed by atoms with Crippen LogP contribution in [0.25, 0.3) is 0 Å². The van der Waals surface area contributed by atoms with Crippen LogP contribution >= 0.6 is 0 Å². The number of carbonyl (C=O) groups is 1. The fraction of sp³-hybridized carbons (Fsp3) is 0.308. The van der Waals surface area contributed by atoms with Gasteiger partial charge in [-0.2, -0.15) is 0 Å². The summed E-state index contributed by atoms with van der Waals surface area (Å²) < 4.78 is 5.86. The second-order valence-electron chi connectivity index (χ2n) is 8.31. The van der Waals surface area contributed by atoms with Crippen molar-refractivity contribution in [2.45, 2.75) is 37.3 Å². The summed E-state index contributed by atoms with van der Waals surface area (Å²) in [4.78, 5) is 19.7. The number of pyridine rings is 1. The van der Waals surface area contributed by atoms with E-state index in [1.165, 1.54) is 5.56 Å². The number of rotatable bonds is 6. The largest absolute Gasteiger partial charge is 0.438 e. The van der Waals surface area contributed by atoms with Gasteiger partial charge in [0.1, 0.15) is 11.3 Å². The van der Waals surface area contributed by atoms with Gasteiger partial charge in [-0.15, -0.1) is 0 Å². The normalized spacial score (nSPS) is 20.9. The number of para-hydroxylation sites is 1. The summed E-state index contributed by atoms with van der Waals surface area (Å²) >= 11 is 0. The number of benzene rings is 2. The van der Waals surface area contributed by atoms with E-state index in [1.807, 2.05) is 30.3 Å². The van der Waals surface area contributed by atoms with Crippen LogP contribution in [0.3, 0.4) is 0 Å². The molecule has 5 nitrogen and oxygen atoms in total. The van der Waals surface area contributed by atoms with Gasteiger partial charge in [0.15, 0.2) is 0 Å². The third kappa shape index (κ3) is 4.62. The highest BCUT2D eigenvalue weighted by atomic mass is 16.5. The van der Waals surface area contributed by atoms with E-state index in [-0.39, 0.29) is 17.5 Å². The minimum Gasteiger partial charge on any atom is -0.438 e. The smallest absolute Gasteiger partial charge is 0.257 e. The third-order valence-corrected chi connectivity index (χ3v) is 6.29. The van der Waals surface area contributed by atoms with Crippen LogP contribution < -0.4 is 10.1 Å². The lowest BCUT2D eigenvalue weighted by atomic mass is 9.74. The molecule has 5 heteroatoms. The van der Waals surface area contributed by atoms with Crippen LogP contribution in [-0.2, 0) is 5.54 Å². The van der Waals surface area contributed by atoms with Crippen LogP contribution in [0, 0.1) is 0 Å². The molecule has 31 heavy (non-hydrogen) atoms. The van der Waals surface area contributed by atoms with E-state index in [1.54, 1.807) is 18.3 Å². The minimum absolute atomic E-state index is 0.0123. The quantitative estimate of drug-likeness (QED) is 0.615. The topological polar surface area (TPSA) is 54.5 Å². The molecule has 2 aromatic carbocycles. The zero-order valence-electron chi connectivity index (χ0n) is 18.1. The summed E-state index contributed by atoms with van der Waals surface area (Å²) in [5, 5.41) is 3.21. The lowest BCUT2D eigenvalue weighted by Gasteiger charge is -2.45. The molecule has 0 unspecified atom stereocenters. The summed E-state index contributed by atoms with van der Waals surface area (Å²) in [7, 11) is 4.30. The number of nitrogens with one attached hydrogen (secondary N) is 1. The Morgan fingerprint density at radius 1 is 0.968 bits per heavy atom. The summed E-state index contributed by atoms with van der Waals surface area (Å²) in [6, 6.07) is 23.7. The second kappa shape index (κ2) is 9.31. The van der Waals surface area contributed by atoms with Crippen molar-refractivity contribution in [2.75, 3.05) is 14.1 Å². The molecule has 1 amide bonds. The van der Waals surface area contributed by atoms with Gasteiger partial charge in [0.2, 0.25) is 5.88 Å². The van der Waals surface area contributed by atoms with Crippen LogP contribution in [0.15, 0.2) is 79.0 Å². The maximum absolute atomic E-state index is 13.0. The standard InChI is InChI=1S/C26H29N3O2/c1-29(2)26(20-10-5-3-6-11-20)17-15-21(16-18-26)28-24(30)23-14-9-19-27-25(23)31-22-12-7-4-8-13-22/h3-14,19,21H,15-18H2,1-2H3,(H,28,30). The Bertz CT molecular complexity index is 997. The van der Waals surface area contributed by atoms with Gasteiger partial charge < -0.3 is 10.1 Å². The number of hydrogen-bond donors (Lipinski definition) is 1. The fourth-order valence-electron chi connectivity index (χ4n) is 4.49. The first-order chi connectivity index (χ1) is 15.1. The molecule has 0 aliphatic heterocycles.